The van der Waals surface area contributed by atoms with Gasteiger partial charge in [0.2, 0.25) is 0 Å². The van der Waals surface area contributed by atoms with E-state index in [-0.39, 0.29) is 0 Å². The molecular weight excluding hydrogens is 150 g/mol. The zero-order valence-corrected chi connectivity index (χ0v) is 6.54. The van der Waals surface area contributed by atoms with E-state index in [1.165, 1.54) is 7.11 Å². The van der Waals surface area contributed by atoms with Crippen LogP contribution in [0.15, 0.2) is 0 Å². The molecule has 1 aliphatic rings. The Labute approximate surface area is 65.4 Å². The van der Waals surface area contributed by atoms with Gasteiger partial charge in [-0.05, 0) is 0 Å². The highest BCUT2D eigenvalue weighted by atomic mass is 16.6. The van der Waals surface area contributed by atoms with Gasteiger partial charge in [-0.3, -0.25) is 0 Å². The lowest BCUT2D eigenvalue weighted by Gasteiger charge is -2.09. The minimum absolute atomic E-state index is 0.745. The van der Waals surface area contributed by atoms with Crippen molar-refractivity contribution in [3.63, 3.8) is 0 Å². The third-order valence-corrected chi connectivity index (χ3v) is 0.945. The first-order valence-electron chi connectivity index (χ1n) is 3.26. The fraction of sp³-hybridized carbons (Fsp3) is 0.833. The Morgan fingerprint density at radius 3 is 1.64 bits per heavy atom. The first-order valence-corrected chi connectivity index (χ1v) is 3.26. The SMILES string of the molecule is C1COCCO1.COC(N)=O. The van der Waals surface area contributed by atoms with Gasteiger partial charge in [0.25, 0.3) is 0 Å². The largest absolute Gasteiger partial charge is 0.453 e. The summed E-state index contributed by atoms with van der Waals surface area (Å²) in [5, 5.41) is 0. The predicted octanol–water partition coefficient (Wildman–Crippen LogP) is -0.255. The van der Waals surface area contributed by atoms with Gasteiger partial charge in [-0.25, -0.2) is 4.79 Å². The summed E-state index contributed by atoms with van der Waals surface area (Å²) in [4.78, 5) is 9.37. The van der Waals surface area contributed by atoms with Crippen molar-refractivity contribution in [2.75, 3.05) is 33.5 Å². The third-order valence-electron chi connectivity index (χ3n) is 0.945. The molecule has 1 saturated heterocycles. The lowest BCUT2D eigenvalue weighted by atomic mass is 10.6. The molecule has 0 aromatic heterocycles. The Bertz CT molecular complexity index is 91.2. The van der Waals surface area contributed by atoms with Crippen LogP contribution in [-0.4, -0.2) is 39.6 Å². The number of hydrogen-bond donors (Lipinski definition) is 1. The quantitative estimate of drug-likeness (QED) is 0.534. The molecule has 5 heteroatoms. The summed E-state index contributed by atoms with van der Waals surface area (Å²) in [5.74, 6) is 0. The smallest absolute Gasteiger partial charge is 0.404 e. The van der Waals surface area contributed by atoms with Crippen molar-refractivity contribution in [1.82, 2.24) is 0 Å². The molecule has 2 N–H and O–H groups in total. The van der Waals surface area contributed by atoms with Crippen molar-refractivity contribution in [3.8, 4) is 0 Å². The van der Waals surface area contributed by atoms with Crippen LogP contribution < -0.4 is 5.73 Å². The first kappa shape index (κ1) is 10.2. The van der Waals surface area contributed by atoms with E-state index in [4.69, 9.17) is 9.47 Å². The van der Waals surface area contributed by atoms with Gasteiger partial charge in [0, 0.05) is 0 Å². The molecule has 11 heavy (non-hydrogen) atoms. The lowest BCUT2D eigenvalue weighted by Crippen LogP contribution is -2.16. The molecule has 0 atom stereocenters. The van der Waals surface area contributed by atoms with Crippen LogP contribution in [0.3, 0.4) is 0 Å². The highest BCUT2D eigenvalue weighted by Gasteiger charge is 1.94. The molecule has 0 bridgehead atoms. The summed E-state index contributed by atoms with van der Waals surface area (Å²) in [6, 6.07) is 0. The number of hydrogen-bond acceptors (Lipinski definition) is 4. The maximum absolute atomic E-state index is 9.37. The monoisotopic (exact) mass is 163 g/mol. The molecule has 0 aromatic rings. The van der Waals surface area contributed by atoms with Crippen LogP contribution in [0.2, 0.25) is 0 Å². The molecule has 0 unspecified atom stereocenters. The van der Waals surface area contributed by atoms with E-state index in [0.717, 1.165) is 26.4 Å². The zero-order valence-electron chi connectivity index (χ0n) is 6.54. The van der Waals surface area contributed by atoms with Crippen LogP contribution in [0.25, 0.3) is 0 Å². The standard InChI is InChI=1S/C4H8O2.C2H5NO2/c1-2-6-4-3-5-1;1-5-2(3)4/h1-4H2;1H3,(H2,3,4). The lowest BCUT2D eigenvalue weighted by molar-refractivity contribution is -0.0334. The third kappa shape index (κ3) is 9.19. The van der Waals surface area contributed by atoms with E-state index >= 15 is 0 Å². The highest BCUT2D eigenvalue weighted by Crippen LogP contribution is 1.85. The van der Waals surface area contributed by atoms with E-state index < -0.39 is 6.09 Å². The molecule has 1 aliphatic heterocycles. The Morgan fingerprint density at radius 1 is 1.27 bits per heavy atom. The Hall–Kier alpha value is -0.810. The summed E-state index contributed by atoms with van der Waals surface area (Å²) in [7, 11) is 1.22. The van der Waals surface area contributed by atoms with Crippen molar-refractivity contribution < 1.29 is 19.0 Å². The van der Waals surface area contributed by atoms with E-state index in [1.54, 1.807) is 0 Å². The van der Waals surface area contributed by atoms with Crippen molar-refractivity contribution in [2.45, 2.75) is 0 Å². The fourth-order valence-corrected chi connectivity index (χ4v) is 0.440. The Kier molecular flexibility index (Phi) is 6.76. The maximum atomic E-state index is 9.37. The molecule has 0 aromatic carbocycles. The van der Waals surface area contributed by atoms with Crippen LogP contribution in [0.1, 0.15) is 0 Å². The van der Waals surface area contributed by atoms with Crippen molar-refractivity contribution >= 4 is 6.09 Å². The second kappa shape index (κ2) is 7.30. The zero-order chi connectivity index (χ0) is 8.53. The van der Waals surface area contributed by atoms with Crippen LogP contribution in [-0.2, 0) is 14.2 Å². The number of carbonyl (C=O) groups is 1. The van der Waals surface area contributed by atoms with Gasteiger partial charge in [-0.1, -0.05) is 0 Å². The van der Waals surface area contributed by atoms with Crippen molar-refractivity contribution in [3.05, 3.63) is 0 Å². The molecule has 66 valence electrons. The van der Waals surface area contributed by atoms with Crippen LogP contribution in [0, 0.1) is 0 Å². The van der Waals surface area contributed by atoms with Crippen LogP contribution in [0.5, 0.6) is 0 Å². The molecule has 1 rings (SSSR count). The van der Waals surface area contributed by atoms with Gasteiger partial charge < -0.3 is 19.9 Å². The molecule has 1 fully saturated rings. The number of ether oxygens (including phenoxy) is 3. The molecule has 0 radical (unpaired) electrons. The summed E-state index contributed by atoms with van der Waals surface area (Å²) >= 11 is 0. The minimum Gasteiger partial charge on any atom is -0.453 e. The first-order chi connectivity index (χ1) is 5.27. The number of carbonyl (C=O) groups excluding carboxylic acids is 1. The molecule has 0 saturated carbocycles. The van der Waals surface area contributed by atoms with Gasteiger partial charge in [-0.15, -0.1) is 0 Å². The number of primary amides is 1. The van der Waals surface area contributed by atoms with Crippen molar-refractivity contribution in [1.29, 1.82) is 0 Å². The van der Waals surface area contributed by atoms with E-state index in [9.17, 15) is 4.79 Å². The van der Waals surface area contributed by atoms with Crippen LogP contribution >= 0.6 is 0 Å². The predicted molar refractivity (Wildman–Crippen MR) is 38.2 cm³/mol. The average molecular weight is 163 g/mol. The summed E-state index contributed by atoms with van der Waals surface area (Å²) in [6.07, 6.45) is -0.745. The molecule has 0 spiro atoms. The topological polar surface area (TPSA) is 70.8 Å². The van der Waals surface area contributed by atoms with E-state index in [2.05, 4.69) is 10.5 Å². The van der Waals surface area contributed by atoms with Gasteiger partial charge in [0.05, 0.1) is 33.5 Å². The number of amides is 1. The molecule has 1 heterocycles. The molecule has 0 aliphatic carbocycles. The maximum Gasteiger partial charge on any atom is 0.404 e. The fourth-order valence-electron chi connectivity index (χ4n) is 0.440. The summed E-state index contributed by atoms with van der Waals surface area (Å²) in [6.45, 7) is 3.11. The van der Waals surface area contributed by atoms with Crippen molar-refractivity contribution in [2.24, 2.45) is 5.73 Å². The minimum atomic E-state index is -0.745. The van der Waals surface area contributed by atoms with Gasteiger partial charge >= 0.3 is 6.09 Å². The average Bonchev–Trinajstić information content (AvgIpc) is 2.09. The van der Waals surface area contributed by atoms with E-state index in [0.29, 0.717) is 0 Å². The Morgan fingerprint density at radius 2 is 1.55 bits per heavy atom. The normalized spacial score (nSPS) is 16.1. The molecular formula is C6H13NO4. The highest BCUT2D eigenvalue weighted by molar-refractivity contribution is 5.64. The van der Waals surface area contributed by atoms with Crippen LogP contribution in [0.4, 0.5) is 4.79 Å². The van der Waals surface area contributed by atoms with Gasteiger partial charge in [0.15, 0.2) is 0 Å². The summed E-state index contributed by atoms with van der Waals surface area (Å²) < 4.78 is 13.8. The Balaban J connectivity index is 0.000000187. The number of rotatable bonds is 0. The second-order valence-electron chi connectivity index (χ2n) is 1.75. The summed E-state index contributed by atoms with van der Waals surface area (Å²) in [5.41, 5.74) is 4.43. The number of methoxy groups -OCH3 is 1. The van der Waals surface area contributed by atoms with Gasteiger partial charge in [-0.2, -0.15) is 0 Å². The van der Waals surface area contributed by atoms with Gasteiger partial charge in [0.1, 0.15) is 0 Å². The second-order valence-corrected chi connectivity index (χ2v) is 1.75. The molecule has 5 nitrogen and oxygen atoms in total. The number of nitrogens with two attached hydrogens (primary N) is 1. The molecule has 1 amide bonds. The van der Waals surface area contributed by atoms with E-state index in [1.807, 2.05) is 0 Å².